The first-order valence-corrected chi connectivity index (χ1v) is 13.0. The Bertz CT molecular complexity index is 1210. The van der Waals surface area contributed by atoms with Crippen molar-refractivity contribution in [2.75, 3.05) is 5.32 Å². The Hall–Kier alpha value is -2.25. The standard InChI is InChI=1S/C22H32FN5O4S2/c1-11(2)14-8-13(9-25-7)17(23)16(12(3)4)18(14)27-21(30)28-34(24,32)19-15(10-29)26-20(33-19)22(5,6)31/h8,11-12,29,31H,7,9-10H2,1-6H3,(H3,24,27,28,30,32). The van der Waals surface area contributed by atoms with E-state index in [0.717, 1.165) is 11.3 Å². The molecule has 0 saturated carbocycles. The predicted octanol–water partition coefficient (Wildman–Crippen LogP) is 4.38. The zero-order chi connectivity index (χ0) is 26.0. The van der Waals surface area contributed by atoms with Gasteiger partial charge in [0.25, 0.3) is 0 Å². The number of thiazole rings is 1. The van der Waals surface area contributed by atoms with Crippen LogP contribution in [0.2, 0.25) is 0 Å². The van der Waals surface area contributed by atoms with Crippen LogP contribution in [-0.4, -0.2) is 32.2 Å². The fourth-order valence-corrected chi connectivity index (χ4v) is 5.81. The Balaban J connectivity index is 2.61. The molecule has 9 nitrogen and oxygen atoms in total. The number of nitrogens with one attached hydrogen (secondary N) is 1. The van der Waals surface area contributed by atoms with Crippen molar-refractivity contribution in [1.29, 1.82) is 0 Å². The fraction of sp³-hybridized carbons (Fsp3) is 0.500. The Morgan fingerprint density at radius 3 is 2.44 bits per heavy atom. The summed E-state index contributed by atoms with van der Waals surface area (Å²) in [4.78, 5) is 20.7. The molecule has 2 amide bonds. The molecule has 0 spiro atoms. The molecular formula is C22H32FN5O4S2. The van der Waals surface area contributed by atoms with Gasteiger partial charge in [-0.05, 0) is 44.0 Å². The summed E-state index contributed by atoms with van der Waals surface area (Å²) in [6.07, 6.45) is 0. The van der Waals surface area contributed by atoms with Gasteiger partial charge in [0.2, 0.25) is 0 Å². The molecule has 188 valence electrons. The number of carbonyl (C=O) groups excluding carboxylic acids is 1. The van der Waals surface area contributed by atoms with Gasteiger partial charge in [0, 0.05) is 11.1 Å². The zero-order valence-electron chi connectivity index (χ0n) is 20.2. The van der Waals surface area contributed by atoms with Crippen molar-refractivity contribution >= 4 is 39.7 Å². The number of aliphatic hydroxyl groups is 2. The first kappa shape index (κ1) is 28.0. The van der Waals surface area contributed by atoms with Crippen molar-refractivity contribution < 1.29 is 23.6 Å². The monoisotopic (exact) mass is 513 g/mol. The van der Waals surface area contributed by atoms with Crippen molar-refractivity contribution in [2.24, 2.45) is 14.5 Å². The Morgan fingerprint density at radius 1 is 1.35 bits per heavy atom. The van der Waals surface area contributed by atoms with Gasteiger partial charge < -0.3 is 15.5 Å². The van der Waals surface area contributed by atoms with E-state index in [0.29, 0.717) is 11.1 Å². The fourth-order valence-electron chi connectivity index (χ4n) is 3.36. The summed E-state index contributed by atoms with van der Waals surface area (Å²) in [5, 5.41) is 28.4. The molecule has 1 heterocycles. The number of urea groups is 1. The summed E-state index contributed by atoms with van der Waals surface area (Å²) in [6.45, 7) is 13.2. The smallest absolute Gasteiger partial charge is 0.354 e. The highest BCUT2D eigenvalue weighted by Crippen LogP contribution is 2.37. The van der Waals surface area contributed by atoms with Crippen LogP contribution in [0.3, 0.4) is 0 Å². The molecule has 34 heavy (non-hydrogen) atoms. The van der Waals surface area contributed by atoms with Gasteiger partial charge in [0.05, 0.1) is 24.5 Å². The number of hydrogen-bond acceptors (Lipinski definition) is 7. The van der Waals surface area contributed by atoms with E-state index in [4.69, 9.17) is 5.14 Å². The summed E-state index contributed by atoms with van der Waals surface area (Å²) in [7, 11) is -3.82. The van der Waals surface area contributed by atoms with E-state index in [1.165, 1.54) is 13.8 Å². The van der Waals surface area contributed by atoms with Gasteiger partial charge in [0.1, 0.15) is 20.6 Å². The number of aliphatic imine (C=N–C) groups is 1. The maximum absolute atomic E-state index is 15.3. The van der Waals surface area contributed by atoms with Crippen LogP contribution in [0, 0.1) is 5.82 Å². The van der Waals surface area contributed by atoms with Crippen molar-refractivity contribution in [1.82, 2.24) is 4.98 Å². The summed E-state index contributed by atoms with van der Waals surface area (Å²) in [6, 6.07) is 0.589. The molecule has 12 heteroatoms. The van der Waals surface area contributed by atoms with Crippen LogP contribution < -0.4 is 10.5 Å². The van der Waals surface area contributed by atoms with Gasteiger partial charge in [0.15, 0.2) is 9.92 Å². The number of aromatic nitrogens is 1. The van der Waals surface area contributed by atoms with Crippen LogP contribution in [0.1, 0.15) is 80.8 Å². The van der Waals surface area contributed by atoms with Crippen LogP contribution >= 0.6 is 11.3 Å². The van der Waals surface area contributed by atoms with Gasteiger partial charge in [-0.1, -0.05) is 27.7 Å². The third-order valence-electron chi connectivity index (χ3n) is 4.94. The van der Waals surface area contributed by atoms with Gasteiger partial charge in [-0.2, -0.15) is 0 Å². The largest absolute Gasteiger partial charge is 0.390 e. The SMILES string of the molecule is C=NCc1cc(C(C)C)c(NC(=O)N=S(N)(=O)c2sc(C(C)(C)O)nc2CO)c(C(C)C)c1F. The van der Waals surface area contributed by atoms with E-state index in [9.17, 15) is 19.2 Å². The lowest BCUT2D eigenvalue weighted by Gasteiger charge is -2.22. The number of amides is 2. The lowest BCUT2D eigenvalue weighted by Crippen LogP contribution is -2.20. The van der Waals surface area contributed by atoms with Gasteiger partial charge in [-0.15, -0.1) is 15.7 Å². The van der Waals surface area contributed by atoms with Crippen LogP contribution in [0.15, 0.2) is 19.6 Å². The Labute approximate surface area is 203 Å². The molecule has 0 fully saturated rings. The number of aliphatic hydroxyl groups excluding tert-OH is 1. The molecule has 0 bridgehead atoms. The van der Waals surface area contributed by atoms with E-state index < -0.39 is 34.0 Å². The minimum Gasteiger partial charge on any atom is -0.390 e. The van der Waals surface area contributed by atoms with Crippen LogP contribution in [-0.2, 0) is 28.7 Å². The number of anilines is 1. The molecule has 2 aromatic rings. The molecule has 5 N–H and O–H groups in total. The van der Waals surface area contributed by atoms with Crippen LogP contribution in [0.4, 0.5) is 14.9 Å². The molecule has 1 aromatic heterocycles. The highest BCUT2D eigenvalue weighted by atomic mass is 32.2. The topological polar surface area (TPSA) is 150 Å². The van der Waals surface area contributed by atoms with Gasteiger partial charge in [-0.25, -0.2) is 23.5 Å². The Morgan fingerprint density at radius 2 is 1.97 bits per heavy atom. The third kappa shape index (κ3) is 6.05. The Kier molecular flexibility index (Phi) is 8.70. The number of rotatable bonds is 8. The highest BCUT2D eigenvalue weighted by Gasteiger charge is 2.28. The number of nitrogens with zero attached hydrogens (tertiary/aromatic N) is 3. The minimum atomic E-state index is -3.82. The quantitative estimate of drug-likeness (QED) is 0.386. The van der Waals surface area contributed by atoms with Crippen molar-refractivity contribution in [3.05, 3.63) is 39.3 Å². The lowest BCUT2D eigenvalue weighted by atomic mass is 9.89. The summed E-state index contributed by atoms with van der Waals surface area (Å²) < 4.78 is 32.0. The number of nitrogens with two attached hydrogens (primary N) is 1. The van der Waals surface area contributed by atoms with Crippen molar-refractivity contribution in [2.45, 2.75) is 76.3 Å². The highest BCUT2D eigenvalue weighted by molar-refractivity contribution is 7.93. The molecule has 0 aliphatic carbocycles. The number of hydrogen-bond donors (Lipinski definition) is 4. The molecule has 0 aliphatic rings. The molecule has 1 unspecified atom stereocenters. The second-order valence-corrected chi connectivity index (χ2v) is 12.0. The predicted molar refractivity (Wildman–Crippen MR) is 133 cm³/mol. The second kappa shape index (κ2) is 10.6. The molecule has 2 rings (SSSR count). The average Bonchev–Trinajstić information content (AvgIpc) is 3.15. The second-order valence-electron chi connectivity index (χ2n) is 8.98. The molecule has 1 atom stereocenters. The van der Waals surface area contributed by atoms with E-state index in [-0.39, 0.29) is 44.5 Å². The number of halogens is 1. The molecular weight excluding hydrogens is 481 g/mol. The molecule has 1 aromatic carbocycles. The van der Waals surface area contributed by atoms with Gasteiger partial charge >= 0.3 is 6.03 Å². The molecule has 0 aliphatic heterocycles. The molecule has 0 radical (unpaired) electrons. The van der Waals surface area contributed by atoms with E-state index in [2.05, 4.69) is 26.4 Å². The first-order valence-electron chi connectivity index (χ1n) is 10.6. The maximum atomic E-state index is 15.3. The lowest BCUT2D eigenvalue weighted by molar-refractivity contribution is 0.0779. The van der Waals surface area contributed by atoms with Crippen LogP contribution in [0.25, 0.3) is 0 Å². The third-order valence-corrected chi connectivity index (χ3v) is 8.31. The van der Waals surface area contributed by atoms with E-state index in [1.54, 1.807) is 19.9 Å². The maximum Gasteiger partial charge on any atom is 0.354 e. The normalized spacial score (nSPS) is 13.8. The summed E-state index contributed by atoms with van der Waals surface area (Å²) in [5.74, 6) is -0.886. The van der Waals surface area contributed by atoms with Gasteiger partial charge in [-0.3, -0.25) is 4.99 Å². The minimum absolute atomic E-state index is 0.0377. The van der Waals surface area contributed by atoms with Crippen LogP contribution in [0.5, 0.6) is 0 Å². The number of benzene rings is 1. The van der Waals surface area contributed by atoms with E-state index in [1.807, 2.05) is 13.8 Å². The first-order chi connectivity index (χ1) is 15.6. The number of carbonyl (C=O) groups is 1. The summed E-state index contributed by atoms with van der Waals surface area (Å²) in [5.41, 5.74) is 0.121. The van der Waals surface area contributed by atoms with E-state index >= 15 is 4.39 Å². The molecule has 0 saturated heterocycles. The average molecular weight is 514 g/mol. The van der Waals surface area contributed by atoms with Crippen molar-refractivity contribution in [3.63, 3.8) is 0 Å². The van der Waals surface area contributed by atoms with Crippen molar-refractivity contribution in [3.8, 4) is 0 Å². The zero-order valence-corrected chi connectivity index (χ0v) is 21.8. The summed E-state index contributed by atoms with van der Waals surface area (Å²) >= 11 is 0.801.